The number of fused-ring (bicyclic) bond motifs is 2. The molecule has 0 aromatic heterocycles. The van der Waals surface area contributed by atoms with Crippen LogP contribution in [0.5, 0.6) is 17.2 Å². The molecule has 3 aliphatic heterocycles. The molecule has 51 heavy (non-hydrogen) atoms. The van der Waals surface area contributed by atoms with Gasteiger partial charge in [0.2, 0.25) is 5.91 Å². The van der Waals surface area contributed by atoms with E-state index in [1.165, 1.54) is 5.57 Å². The zero-order valence-corrected chi connectivity index (χ0v) is 32.1. The fraction of sp³-hybridized carbons (Fsp3) is 0.548. The lowest BCUT2D eigenvalue weighted by molar-refractivity contribution is -0.179. The lowest BCUT2D eigenvalue weighted by Gasteiger charge is -2.46. The minimum Gasteiger partial charge on any atom is -0.506 e. The largest absolute Gasteiger partial charge is 0.506 e. The number of ether oxygens (including phenoxy) is 3. The average Bonchev–Trinajstić information content (AvgIpc) is 3.49. The number of amides is 1. The highest BCUT2D eigenvalue weighted by Crippen LogP contribution is 2.75. The Hall–Kier alpha value is -3.95. The molecule has 2 aliphatic carbocycles. The maximum atomic E-state index is 14.9. The highest BCUT2D eigenvalue weighted by Gasteiger charge is 2.89. The van der Waals surface area contributed by atoms with Crippen LogP contribution in [0, 0.1) is 11.3 Å². The number of aromatic hydroxyl groups is 1. The average molecular weight is 699 g/mol. The second-order valence-electron chi connectivity index (χ2n) is 16.8. The van der Waals surface area contributed by atoms with Gasteiger partial charge in [-0.1, -0.05) is 35.5 Å². The molecule has 9 heteroatoms. The van der Waals surface area contributed by atoms with Gasteiger partial charge in [-0.3, -0.25) is 14.4 Å². The molecule has 1 saturated heterocycles. The van der Waals surface area contributed by atoms with Gasteiger partial charge in [0.05, 0.1) is 22.5 Å². The van der Waals surface area contributed by atoms with Crippen LogP contribution < -0.4 is 14.8 Å². The summed E-state index contributed by atoms with van der Waals surface area (Å²) >= 11 is 0. The van der Waals surface area contributed by atoms with Crippen LogP contribution in [0.2, 0.25) is 0 Å². The molecule has 9 nitrogen and oxygen atoms in total. The molecular weight excluding hydrogens is 644 g/mol. The molecular formula is C42H54N2O7. The van der Waals surface area contributed by atoms with Gasteiger partial charge in [-0.2, -0.15) is 0 Å². The highest BCUT2D eigenvalue weighted by atomic mass is 16.6. The van der Waals surface area contributed by atoms with Crippen molar-refractivity contribution in [3.05, 3.63) is 69.4 Å². The van der Waals surface area contributed by atoms with Crippen LogP contribution in [-0.2, 0) is 20.7 Å². The first-order valence-corrected chi connectivity index (χ1v) is 18.1. The van der Waals surface area contributed by atoms with Crippen molar-refractivity contribution in [2.45, 2.75) is 110 Å². The van der Waals surface area contributed by atoms with Gasteiger partial charge in [0.15, 0.2) is 22.8 Å². The van der Waals surface area contributed by atoms with E-state index in [2.05, 4.69) is 31.3 Å². The van der Waals surface area contributed by atoms with Crippen LogP contribution in [0.4, 0.5) is 0 Å². The molecule has 2 N–H and O–H groups in total. The maximum absolute atomic E-state index is 14.9. The van der Waals surface area contributed by atoms with Crippen LogP contribution in [0.15, 0.2) is 52.7 Å². The molecule has 1 aromatic carbocycles. The van der Waals surface area contributed by atoms with Crippen LogP contribution >= 0.6 is 0 Å². The van der Waals surface area contributed by atoms with E-state index in [-0.39, 0.29) is 41.0 Å². The third-order valence-corrected chi connectivity index (χ3v) is 11.4. The summed E-state index contributed by atoms with van der Waals surface area (Å²) < 4.78 is 20.9. The van der Waals surface area contributed by atoms with E-state index < -0.39 is 33.7 Å². The Bertz CT molecular complexity index is 1870. The predicted octanol–water partition coefficient (Wildman–Crippen LogP) is 6.83. The number of benzene rings is 1. The van der Waals surface area contributed by atoms with Gasteiger partial charge < -0.3 is 29.5 Å². The molecule has 6 rings (SSSR count). The van der Waals surface area contributed by atoms with Crippen LogP contribution in [-0.4, -0.2) is 77.1 Å². The summed E-state index contributed by atoms with van der Waals surface area (Å²) in [4.78, 5) is 44.7. The molecule has 1 aromatic rings. The number of phenols is 1. The van der Waals surface area contributed by atoms with Crippen molar-refractivity contribution in [3.63, 3.8) is 0 Å². The molecule has 1 saturated carbocycles. The lowest BCUT2D eigenvalue weighted by atomic mass is 9.70. The Morgan fingerprint density at radius 2 is 1.67 bits per heavy atom. The standard InChI is InChI=1S/C42H54N2O7/c1-24(2)13-12-18-39(8)19-17-27-31(45)30-32(46)29-23-40(9)36-38(6,7)51-41(37(40)48,20-16-26(5)35(47)43-21-22-44(10)11)42(29,36)50-34(30)28(33(27)49-39)15-14-25(3)4/h13-14,16-17,19,23,36,45H,12,15,18,20-22H2,1-11H3,(H,43,47)/b26-16-. The maximum Gasteiger partial charge on any atom is 0.246 e. The lowest BCUT2D eigenvalue weighted by Crippen LogP contribution is -2.62. The zero-order valence-electron chi connectivity index (χ0n) is 32.1. The highest BCUT2D eigenvalue weighted by molar-refractivity contribution is 6.21. The van der Waals surface area contributed by atoms with Gasteiger partial charge in [-0.05, 0) is 108 Å². The Labute approximate surface area is 302 Å². The van der Waals surface area contributed by atoms with Gasteiger partial charge in [0, 0.05) is 36.2 Å². The predicted molar refractivity (Wildman–Crippen MR) is 198 cm³/mol. The normalized spacial score (nSPS) is 30.6. The summed E-state index contributed by atoms with van der Waals surface area (Å²) in [5.41, 5.74) is -1.45. The molecule has 5 unspecified atom stereocenters. The summed E-state index contributed by atoms with van der Waals surface area (Å²) in [6.07, 6.45) is 13.5. The van der Waals surface area contributed by atoms with Gasteiger partial charge in [0.25, 0.3) is 0 Å². The Balaban J connectivity index is 1.51. The second-order valence-corrected chi connectivity index (χ2v) is 16.8. The SMILES string of the molecule is CC(C)=CCCC1(C)C=Cc2c(O)c3c(c(CC=C(C)C)c2O1)OC12C(=CC4(C)C(=O)C1(C/C=C(/C)C(=O)NCCN(C)C)OC(C)(C)C42)C3=O. The smallest absolute Gasteiger partial charge is 0.246 e. The van der Waals surface area contributed by atoms with E-state index in [9.17, 15) is 19.5 Å². The topological polar surface area (TPSA) is 114 Å². The van der Waals surface area contributed by atoms with Crippen molar-refractivity contribution in [1.82, 2.24) is 10.2 Å². The number of rotatable bonds is 11. The summed E-state index contributed by atoms with van der Waals surface area (Å²) in [5, 5.41) is 14.8. The number of hydrogen-bond acceptors (Lipinski definition) is 8. The number of carbonyl (C=O) groups excluding carboxylic acids is 3. The van der Waals surface area contributed by atoms with E-state index >= 15 is 0 Å². The van der Waals surface area contributed by atoms with Gasteiger partial charge in [0.1, 0.15) is 28.4 Å². The molecule has 5 aliphatic rings. The first-order chi connectivity index (χ1) is 23.7. The fourth-order valence-corrected chi connectivity index (χ4v) is 9.26. The van der Waals surface area contributed by atoms with Crippen molar-refractivity contribution in [2.75, 3.05) is 27.2 Å². The monoisotopic (exact) mass is 698 g/mol. The minimum absolute atomic E-state index is 0.0378. The van der Waals surface area contributed by atoms with E-state index in [0.29, 0.717) is 54.0 Å². The zero-order chi connectivity index (χ0) is 37.5. The minimum atomic E-state index is -1.59. The number of ketones is 2. The van der Waals surface area contributed by atoms with E-state index in [1.54, 1.807) is 19.1 Å². The molecule has 0 radical (unpaired) electrons. The quantitative estimate of drug-likeness (QED) is 0.191. The van der Waals surface area contributed by atoms with E-state index in [4.69, 9.17) is 14.2 Å². The second kappa shape index (κ2) is 12.3. The number of Topliss-reactive ketones (excluding diaryl/α,β-unsaturated/α-hetero) is 2. The summed E-state index contributed by atoms with van der Waals surface area (Å²) in [5.74, 6) is -0.824. The molecule has 5 atom stereocenters. The first kappa shape index (κ1) is 36.8. The first-order valence-electron chi connectivity index (χ1n) is 18.1. The van der Waals surface area contributed by atoms with Crippen molar-refractivity contribution in [1.29, 1.82) is 0 Å². The summed E-state index contributed by atoms with van der Waals surface area (Å²) in [7, 11) is 3.88. The van der Waals surface area contributed by atoms with Crippen LogP contribution in [0.25, 0.3) is 6.08 Å². The number of nitrogens with one attached hydrogen (secondary N) is 1. The number of phenolic OH excluding ortho intramolecular Hbond substituents is 1. The molecule has 4 bridgehead atoms. The summed E-state index contributed by atoms with van der Waals surface area (Å²) in [6.45, 7) is 18.8. The van der Waals surface area contributed by atoms with Crippen LogP contribution in [0.1, 0.15) is 103 Å². The molecule has 1 amide bonds. The molecule has 1 spiro atoms. The van der Waals surface area contributed by atoms with Crippen molar-refractivity contribution < 1.29 is 33.7 Å². The Morgan fingerprint density at radius 3 is 2.31 bits per heavy atom. The van der Waals surface area contributed by atoms with E-state index in [1.807, 2.05) is 72.7 Å². The Kier molecular flexibility index (Phi) is 8.91. The van der Waals surface area contributed by atoms with Crippen LogP contribution in [0.3, 0.4) is 0 Å². The number of hydrogen-bond donors (Lipinski definition) is 2. The van der Waals surface area contributed by atoms with Gasteiger partial charge >= 0.3 is 0 Å². The summed E-state index contributed by atoms with van der Waals surface area (Å²) in [6, 6.07) is 0. The number of allylic oxidation sites excluding steroid dienone is 5. The van der Waals surface area contributed by atoms with Gasteiger partial charge in [-0.25, -0.2) is 0 Å². The van der Waals surface area contributed by atoms with Crippen molar-refractivity contribution >= 4 is 23.5 Å². The molecule has 2 fully saturated rings. The number of nitrogens with zero attached hydrogens (tertiary/aromatic N) is 1. The third kappa shape index (κ3) is 5.45. The number of likely N-dealkylation sites (N-methyl/N-ethyl adjacent to an activating group) is 1. The van der Waals surface area contributed by atoms with Gasteiger partial charge in [-0.15, -0.1) is 0 Å². The van der Waals surface area contributed by atoms with Crippen molar-refractivity contribution in [3.8, 4) is 17.2 Å². The van der Waals surface area contributed by atoms with Crippen molar-refractivity contribution in [2.24, 2.45) is 11.3 Å². The Morgan fingerprint density at radius 1 is 0.980 bits per heavy atom. The van der Waals surface area contributed by atoms with E-state index in [0.717, 1.165) is 12.0 Å². The molecule has 274 valence electrons. The fourth-order valence-electron chi connectivity index (χ4n) is 9.26. The molecule has 3 heterocycles. The third-order valence-electron chi connectivity index (χ3n) is 11.4. The number of carbonyl (C=O) groups is 3.